The van der Waals surface area contributed by atoms with Crippen molar-refractivity contribution in [2.45, 2.75) is 38.7 Å². The maximum Gasteiger partial charge on any atom is 0.100 e. The van der Waals surface area contributed by atoms with Crippen LogP contribution < -0.4 is 0 Å². The lowest BCUT2D eigenvalue weighted by Crippen LogP contribution is -2.32. The zero-order valence-electron chi connectivity index (χ0n) is 8.09. The van der Waals surface area contributed by atoms with Gasteiger partial charge in [0.25, 0.3) is 0 Å². The molecule has 0 fully saturated rings. The first-order valence-electron chi connectivity index (χ1n) is 3.85. The van der Waals surface area contributed by atoms with Crippen molar-refractivity contribution in [1.82, 2.24) is 4.90 Å². The highest BCUT2D eigenvalue weighted by atomic mass is 32.1. The summed E-state index contributed by atoms with van der Waals surface area (Å²) in [7, 11) is 1.99. The van der Waals surface area contributed by atoms with Crippen LogP contribution in [0, 0.1) is 0 Å². The van der Waals surface area contributed by atoms with E-state index in [4.69, 9.17) is 4.74 Å². The summed E-state index contributed by atoms with van der Waals surface area (Å²) in [6.45, 7) is 8.79. The molecule has 0 spiro atoms. The monoisotopic (exact) mass is 177 g/mol. The Bertz CT molecular complexity index is 109. The van der Waals surface area contributed by atoms with Crippen LogP contribution in [0.1, 0.15) is 27.7 Å². The minimum atomic E-state index is -0.0586. The molecule has 0 aliphatic heterocycles. The van der Waals surface area contributed by atoms with E-state index in [1.807, 2.05) is 39.6 Å². The van der Waals surface area contributed by atoms with E-state index in [-0.39, 0.29) is 11.0 Å². The van der Waals surface area contributed by atoms with Gasteiger partial charge in [-0.05, 0) is 34.7 Å². The Kier molecular flexibility index (Phi) is 4.44. The first kappa shape index (κ1) is 11.3. The van der Waals surface area contributed by atoms with Gasteiger partial charge in [0.1, 0.15) is 6.73 Å². The first-order valence-corrected chi connectivity index (χ1v) is 4.37. The molecule has 0 saturated carbocycles. The van der Waals surface area contributed by atoms with Gasteiger partial charge in [-0.2, -0.15) is 12.6 Å². The Balaban J connectivity index is 3.54. The van der Waals surface area contributed by atoms with E-state index >= 15 is 0 Å². The van der Waals surface area contributed by atoms with Gasteiger partial charge in [0.05, 0.1) is 11.0 Å². The van der Waals surface area contributed by atoms with Gasteiger partial charge in [-0.15, -0.1) is 0 Å². The molecule has 1 atom stereocenters. The molecule has 11 heavy (non-hydrogen) atoms. The Morgan fingerprint density at radius 1 is 1.45 bits per heavy atom. The number of thiol groups is 1. The Morgan fingerprint density at radius 3 is 2.18 bits per heavy atom. The van der Waals surface area contributed by atoms with Gasteiger partial charge in [-0.3, -0.25) is 4.90 Å². The number of ether oxygens (including phenoxy) is 1. The SMILES string of the molecule is CC(S)N(C)COC(C)(C)C. The molecule has 0 radical (unpaired) electrons. The normalized spacial score (nSPS) is 15.5. The average molecular weight is 177 g/mol. The molecule has 0 saturated heterocycles. The summed E-state index contributed by atoms with van der Waals surface area (Å²) in [4.78, 5) is 2.04. The molecule has 0 bridgehead atoms. The average Bonchev–Trinajstić information content (AvgIpc) is 1.80. The summed E-state index contributed by atoms with van der Waals surface area (Å²) in [6, 6.07) is 0. The third-order valence-electron chi connectivity index (χ3n) is 1.34. The van der Waals surface area contributed by atoms with Gasteiger partial charge in [0.15, 0.2) is 0 Å². The quantitative estimate of drug-likeness (QED) is 0.522. The van der Waals surface area contributed by atoms with Crippen molar-refractivity contribution in [3.8, 4) is 0 Å². The zero-order valence-corrected chi connectivity index (χ0v) is 8.98. The molecule has 0 aliphatic rings. The van der Waals surface area contributed by atoms with Crippen molar-refractivity contribution >= 4 is 12.6 Å². The minimum absolute atomic E-state index is 0.0586. The highest BCUT2D eigenvalue weighted by Crippen LogP contribution is 2.08. The molecule has 0 aromatic carbocycles. The second-order valence-electron chi connectivity index (χ2n) is 3.77. The molecule has 68 valence electrons. The van der Waals surface area contributed by atoms with Gasteiger partial charge in [0, 0.05) is 0 Å². The van der Waals surface area contributed by atoms with E-state index in [1.54, 1.807) is 0 Å². The topological polar surface area (TPSA) is 12.5 Å². The van der Waals surface area contributed by atoms with Gasteiger partial charge in [-0.1, -0.05) is 0 Å². The molecule has 0 aliphatic carbocycles. The molecule has 0 rings (SSSR count). The maximum absolute atomic E-state index is 5.53. The summed E-state index contributed by atoms with van der Waals surface area (Å²) in [5.41, 5.74) is -0.0586. The second kappa shape index (κ2) is 4.33. The fourth-order valence-corrected chi connectivity index (χ4v) is 0.470. The van der Waals surface area contributed by atoms with Crippen LogP contribution in [-0.4, -0.2) is 29.7 Å². The van der Waals surface area contributed by atoms with E-state index in [0.29, 0.717) is 6.73 Å². The molecule has 0 aromatic heterocycles. The highest BCUT2D eigenvalue weighted by Gasteiger charge is 2.12. The van der Waals surface area contributed by atoms with Crippen LogP contribution >= 0.6 is 12.6 Å². The van der Waals surface area contributed by atoms with Gasteiger partial charge in [0.2, 0.25) is 0 Å². The third kappa shape index (κ3) is 6.66. The highest BCUT2D eigenvalue weighted by molar-refractivity contribution is 7.80. The largest absolute Gasteiger partial charge is 0.360 e. The summed E-state index contributed by atoms with van der Waals surface area (Å²) in [6.07, 6.45) is 0. The molecule has 2 nitrogen and oxygen atoms in total. The van der Waals surface area contributed by atoms with Crippen LogP contribution in [0.3, 0.4) is 0 Å². The molecule has 0 heterocycles. The van der Waals surface area contributed by atoms with Crippen LogP contribution in [0.15, 0.2) is 0 Å². The van der Waals surface area contributed by atoms with Gasteiger partial charge >= 0.3 is 0 Å². The molecular formula is C8H19NOS. The molecule has 3 heteroatoms. The molecule has 1 unspecified atom stereocenters. The lowest BCUT2D eigenvalue weighted by molar-refractivity contribution is -0.0572. The van der Waals surface area contributed by atoms with E-state index in [9.17, 15) is 0 Å². The fraction of sp³-hybridized carbons (Fsp3) is 1.00. The number of nitrogens with zero attached hydrogens (tertiary/aromatic N) is 1. The second-order valence-corrected chi connectivity index (χ2v) is 4.52. The Hall–Kier alpha value is 0.270. The van der Waals surface area contributed by atoms with E-state index < -0.39 is 0 Å². The predicted octanol–water partition coefficient (Wildman–Crippen LogP) is 1.97. The molecule has 0 aromatic rings. The third-order valence-corrected chi connectivity index (χ3v) is 1.73. The summed E-state index contributed by atoms with van der Waals surface area (Å²) < 4.78 is 5.53. The molecule has 0 N–H and O–H groups in total. The zero-order chi connectivity index (χ0) is 9.07. The Labute approximate surface area is 75.3 Å². The van der Waals surface area contributed by atoms with Crippen LogP contribution in [0.4, 0.5) is 0 Å². The van der Waals surface area contributed by atoms with Gasteiger partial charge < -0.3 is 4.74 Å². The van der Waals surface area contributed by atoms with Crippen molar-refractivity contribution in [2.24, 2.45) is 0 Å². The van der Waals surface area contributed by atoms with Crippen molar-refractivity contribution in [2.75, 3.05) is 13.8 Å². The lowest BCUT2D eigenvalue weighted by atomic mass is 10.2. The lowest BCUT2D eigenvalue weighted by Gasteiger charge is -2.26. The van der Waals surface area contributed by atoms with E-state index in [2.05, 4.69) is 12.6 Å². The summed E-state index contributed by atoms with van der Waals surface area (Å²) >= 11 is 4.27. The van der Waals surface area contributed by atoms with E-state index in [0.717, 1.165) is 0 Å². The van der Waals surface area contributed by atoms with Crippen LogP contribution in [0.2, 0.25) is 0 Å². The minimum Gasteiger partial charge on any atom is -0.360 e. The standard InChI is InChI=1S/C8H19NOS/c1-7(11)9(5)6-10-8(2,3)4/h7,11H,6H2,1-5H3. The summed E-state index contributed by atoms with van der Waals surface area (Å²) in [5.74, 6) is 0. The molecule has 0 amide bonds. The van der Waals surface area contributed by atoms with Crippen LogP contribution in [-0.2, 0) is 4.74 Å². The smallest absolute Gasteiger partial charge is 0.100 e. The molecular weight excluding hydrogens is 158 g/mol. The van der Waals surface area contributed by atoms with E-state index in [1.165, 1.54) is 0 Å². The number of hydrogen-bond acceptors (Lipinski definition) is 3. The number of hydrogen-bond donors (Lipinski definition) is 1. The van der Waals surface area contributed by atoms with Crippen LogP contribution in [0.25, 0.3) is 0 Å². The maximum atomic E-state index is 5.53. The van der Waals surface area contributed by atoms with Crippen molar-refractivity contribution in [3.63, 3.8) is 0 Å². The van der Waals surface area contributed by atoms with Gasteiger partial charge in [-0.25, -0.2) is 0 Å². The van der Waals surface area contributed by atoms with Crippen molar-refractivity contribution in [3.05, 3.63) is 0 Å². The fourth-order valence-electron chi connectivity index (χ4n) is 0.403. The van der Waals surface area contributed by atoms with Crippen molar-refractivity contribution < 1.29 is 4.74 Å². The number of rotatable bonds is 3. The first-order chi connectivity index (χ1) is 4.83. The van der Waals surface area contributed by atoms with Crippen LogP contribution in [0.5, 0.6) is 0 Å². The predicted molar refractivity (Wildman–Crippen MR) is 51.9 cm³/mol. The Morgan fingerprint density at radius 2 is 1.91 bits per heavy atom. The summed E-state index contributed by atoms with van der Waals surface area (Å²) in [5, 5.41) is 0.248. The van der Waals surface area contributed by atoms with Crippen molar-refractivity contribution in [1.29, 1.82) is 0 Å².